The SMILES string of the molecule is CC(C)C(CC(=O)O)N1CCN(CCCOc2ccc(C(=N)N)cc2)C(=O)C1=O. The van der Waals surface area contributed by atoms with E-state index in [-0.39, 0.29) is 18.2 Å². The molecular weight excluding hydrogens is 376 g/mol. The minimum atomic E-state index is -0.986. The van der Waals surface area contributed by atoms with Gasteiger partial charge in [-0.15, -0.1) is 0 Å². The van der Waals surface area contributed by atoms with Crippen molar-refractivity contribution in [2.24, 2.45) is 11.7 Å². The highest BCUT2D eigenvalue weighted by Crippen LogP contribution is 2.19. The molecular formula is C20H28N4O5. The second-order valence-electron chi connectivity index (χ2n) is 7.34. The van der Waals surface area contributed by atoms with Crippen molar-refractivity contribution in [3.05, 3.63) is 29.8 Å². The van der Waals surface area contributed by atoms with Crippen molar-refractivity contribution in [3.8, 4) is 5.75 Å². The number of carbonyl (C=O) groups excluding carboxylic acids is 2. The summed E-state index contributed by atoms with van der Waals surface area (Å²) < 4.78 is 5.62. The van der Waals surface area contributed by atoms with Crippen LogP contribution in [-0.4, -0.2) is 70.8 Å². The smallest absolute Gasteiger partial charge is 0.312 e. The molecule has 1 aromatic rings. The minimum Gasteiger partial charge on any atom is -0.494 e. The largest absolute Gasteiger partial charge is 0.494 e. The fourth-order valence-electron chi connectivity index (χ4n) is 3.28. The lowest BCUT2D eigenvalue weighted by molar-refractivity contribution is -0.159. The Morgan fingerprint density at radius 3 is 2.41 bits per heavy atom. The van der Waals surface area contributed by atoms with E-state index in [1.807, 2.05) is 13.8 Å². The topological polar surface area (TPSA) is 137 Å². The van der Waals surface area contributed by atoms with Crippen molar-refractivity contribution in [2.75, 3.05) is 26.2 Å². The number of benzene rings is 1. The molecule has 1 unspecified atom stereocenters. The van der Waals surface area contributed by atoms with Gasteiger partial charge in [-0.25, -0.2) is 0 Å². The molecule has 1 aliphatic heterocycles. The number of carboxylic acid groups (broad SMARTS) is 1. The Bertz CT molecular complexity index is 763. The number of nitrogen functional groups attached to an aromatic ring is 1. The predicted molar refractivity (Wildman–Crippen MR) is 107 cm³/mol. The van der Waals surface area contributed by atoms with Gasteiger partial charge >= 0.3 is 17.8 Å². The maximum atomic E-state index is 12.5. The van der Waals surface area contributed by atoms with E-state index < -0.39 is 23.8 Å². The molecule has 0 spiro atoms. The molecule has 2 amide bonds. The Balaban J connectivity index is 1.83. The number of amides is 2. The Labute approximate surface area is 169 Å². The summed E-state index contributed by atoms with van der Waals surface area (Å²) in [6.07, 6.45) is 0.378. The lowest BCUT2D eigenvalue weighted by atomic mass is 9.98. The molecule has 158 valence electrons. The summed E-state index contributed by atoms with van der Waals surface area (Å²) in [5.74, 6) is -1.66. The first-order valence-electron chi connectivity index (χ1n) is 9.59. The molecule has 4 N–H and O–H groups in total. The molecule has 1 aromatic carbocycles. The van der Waals surface area contributed by atoms with E-state index >= 15 is 0 Å². The first kappa shape index (κ1) is 22.2. The van der Waals surface area contributed by atoms with Crippen LogP contribution in [0.1, 0.15) is 32.3 Å². The lowest BCUT2D eigenvalue weighted by Gasteiger charge is -2.39. The van der Waals surface area contributed by atoms with Gasteiger partial charge in [0.1, 0.15) is 11.6 Å². The number of carboxylic acids is 1. The number of piperazine rings is 1. The van der Waals surface area contributed by atoms with Crippen molar-refractivity contribution in [1.29, 1.82) is 5.41 Å². The number of nitrogens with zero attached hydrogens (tertiary/aromatic N) is 2. The Morgan fingerprint density at radius 2 is 1.86 bits per heavy atom. The molecule has 9 heteroatoms. The van der Waals surface area contributed by atoms with Gasteiger partial charge in [0.15, 0.2) is 0 Å². The van der Waals surface area contributed by atoms with E-state index in [0.717, 1.165) is 0 Å². The van der Waals surface area contributed by atoms with Crippen LogP contribution in [-0.2, 0) is 14.4 Å². The second-order valence-corrected chi connectivity index (χ2v) is 7.34. The van der Waals surface area contributed by atoms with Gasteiger partial charge in [0.05, 0.1) is 13.0 Å². The highest BCUT2D eigenvalue weighted by atomic mass is 16.5. The number of nitrogens with one attached hydrogen (secondary N) is 1. The number of nitrogens with two attached hydrogens (primary N) is 1. The van der Waals surface area contributed by atoms with Crippen LogP contribution in [0.4, 0.5) is 0 Å². The number of rotatable bonds is 10. The number of hydrogen-bond acceptors (Lipinski definition) is 5. The molecule has 0 aromatic heterocycles. The summed E-state index contributed by atoms with van der Waals surface area (Å²) in [5, 5.41) is 16.4. The number of hydrogen-bond donors (Lipinski definition) is 3. The zero-order chi connectivity index (χ0) is 21.6. The molecule has 2 rings (SSSR count). The second kappa shape index (κ2) is 9.90. The first-order chi connectivity index (χ1) is 13.7. The van der Waals surface area contributed by atoms with Gasteiger partial charge in [-0.1, -0.05) is 13.8 Å². The van der Waals surface area contributed by atoms with Gasteiger partial charge in [0, 0.05) is 31.2 Å². The summed E-state index contributed by atoms with van der Waals surface area (Å²) in [4.78, 5) is 38.9. The van der Waals surface area contributed by atoms with Crippen LogP contribution in [0.15, 0.2) is 24.3 Å². The third-order valence-corrected chi connectivity index (χ3v) is 4.90. The van der Waals surface area contributed by atoms with Crippen LogP contribution in [0.5, 0.6) is 5.75 Å². The molecule has 0 saturated carbocycles. The first-order valence-corrected chi connectivity index (χ1v) is 9.59. The zero-order valence-corrected chi connectivity index (χ0v) is 16.8. The fourth-order valence-corrected chi connectivity index (χ4v) is 3.28. The zero-order valence-electron chi connectivity index (χ0n) is 16.8. The van der Waals surface area contributed by atoms with Gasteiger partial charge in [0.2, 0.25) is 0 Å². The highest BCUT2D eigenvalue weighted by Gasteiger charge is 2.37. The van der Waals surface area contributed by atoms with Crippen LogP contribution >= 0.6 is 0 Å². The fraction of sp³-hybridized carbons (Fsp3) is 0.500. The molecule has 0 bridgehead atoms. The average molecular weight is 404 g/mol. The van der Waals surface area contributed by atoms with Crippen LogP contribution in [0.25, 0.3) is 0 Å². The van der Waals surface area contributed by atoms with E-state index in [9.17, 15) is 14.4 Å². The van der Waals surface area contributed by atoms with Crippen molar-refractivity contribution in [3.63, 3.8) is 0 Å². The molecule has 1 heterocycles. The Morgan fingerprint density at radius 1 is 1.21 bits per heavy atom. The van der Waals surface area contributed by atoms with E-state index in [2.05, 4.69) is 0 Å². The molecule has 0 aliphatic carbocycles. The average Bonchev–Trinajstić information content (AvgIpc) is 2.67. The number of amidine groups is 1. The van der Waals surface area contributed by atoms with Gasteiger partial charge in [0.25, 0.3) is 0 Å². The highest BCUT2D eigenvalue weighted by molar-refractivity contribution is 6.35. The third kappa shape index (κ3) is 5.94. The molecule has 1 saturated heterocycles. The molecule has 1 aliphatic rings. The molecule has 1 fully saturated rings. The van der Waals surface area contributed by atoms with E-state index in [1.165, 1.54) is 9.80 Å². The monoisotopic (exact) mass is 404 g/mol. The van der Waals surface area contributed by atoms with E-state index in [4.69, 9.17) is 21.0 Å². The normalized spacial score (nSPS) is 15.6. The van der Waals surface area contributed by atoms with Crippen LogP contribution in [0, 0.1) is 11.3 Å². The van der Waals surface area contributed by atoms with Crippen LogP contribution in [0.3, 0.4) is 0 Å². The van der Waals surface area contributed by atoms with Gasteiger partial charge in [-0.05, 0) is 36.6 Å². The Hall–Kier alpha value is -3.10. The van der Waals surface area contributed by atoms with Crippen LogP contribution in [0.2, 0.25) is 0 Å². The van der Waals surface area contributed by atoms with Gasteiger partial charge in [-0.2, -0.15) is 0 Å². The van der Waals surface area contributed by atoms with Gasteiger partial charge in [-0.3, -0.25) is 19.8 Å². The summed E-state index contributed by atoms with van der Waals surface area (Å²) >= 11 is 0. The van der Waals surface area contributed by atoms with Gasteiger partial charge < -0.3 is 25.4 Å². The summed E-state index contributed by atoms with van der Waals surface area (Å²) in [6.45, 7) is 5.15. The third-order valence-electron chi connectivity index (χ3n) is 4.90. The maximum Gasteiger partial charge on any atom is 0.312 e. The molecule has 29 heavy (non-hydrogen) atoms. The molecule has 1 atom stereocenters. The lowest BCUT2D eigenvalue weighted by Crippen LogP contribution is -2.58. The molecule has 0 radical (unpaired) electrons. The quantitative estimate of drug-likeness (QED) is 0.229. The van der Waals surface area contributed by atoms with E-state index in [0.29, 0.717) is 44.0 Å². The predicted octanol–water partition coefficient (Wildman–Crippen LogP) is 0.910. The minimum absolute atomic E-state index is 0.0121. The molecule has 9 nitrogen and oxygen atoms in total. The summed E-state index contributed by atoms with van der Waals surface area (Å²) in [5.41, 5.74) is 6.02. The van der Waals surface area contributed by atoms with Crippen LogP contribution < -0.4 is 10.5 Å². The number of ether oxygens (including phenoxy) is 1. The van der Waals surface area contributed by atoms with E-state index in [1.54, 1.807) is 24.3 Å². The van der Waals surface area contributed by atoms with Crippen molar-refractivity contribution >= 4 is 23.6 Å². The summed E-state index contributed by atoms with van der Waals surface area (Å²) in [7, 11) is 0. The Kier molecular flexibility index (Phi) is 7.58. The number of aliphatic carboxylic acids is 1. The number of carbonyl (C=O) groups is 3. The van der Waals surface area contributed by atoms with Crippen molar-refractivity contribution in [2.45, 2.75) is 32.7 Å². The standard InChI is InChI=1S/C20H28N4O5/c1-13(2)16(12-17(25)26)24-10-9-23(19(27)20(24)28)8-3-11-29-15-6-4-14(5-7-15)18(21)22/h4-7,13,16H,3,8-12H2,1-2H3,(H3,21,22)(H,25,26). The van der Waals surface area contributed by atoms with Crippen molar-refractivity contribution < 1.29 is 24.2 Å². The summed E-state index contributed by atoms with van der Waals surface area (Å²) in [6, 6.07) is 6.34. The van der Waals surface area contributed by atoms with Crippen molar-refractivity contribution in [1.82, 2.24) is 9.80 Å². The maximum absolute atomic E-state index is 12.5.